The van der Waals surface area contributed by atoms with Gasteiger partial charge in [0.25, 0.3) is 0 Å². The van der Waals surface area contributed by atoms with E-state index >= 15 is 0 Å². The summed E-state index contributed by atoms with van der Waals surface area (Å²) in [4.78, 5) is 11.5. The number of hydrogen-bond acceptors (Lipinski definition) is 2. The second-order valence-electron chi connectivity index (χ2n) is 2.80. The van der Waals surface area contributed by atoms with Gasteiger partial charge < -0.3 is 0 Å². The maximum atomic E-state index is 11.7. The molecular formula is C10H7Cl2NOSe. The summed E-state index contributed by atoms with van der Waals surface area (Å²) >= 11 is 11.2. The first-order valence-corrected chi connectivity index (χ1v) is 6.70. The molecule has 0 N–H and O–H groups in total. The predicted octanol–water partition coefficient (Wildman–Crippen LogP) is 3.17. The van der Waals surface area contributed by atoms with Gasteiger partial charge in [-0.3, -0.25) is 0 Å². The third-order valence-electron chi connectivity index (χ3n) is 1.62. The summed E-state index contributed by atoms with van der Waals surface area (Å²) in [5, 5.41) is 9.45. The van der Waals surface area contributed by atoms with Crippen LogP contribution in [0.4, 0.5) is 0 Å². The van der Waals surface area contributed by atoms with Gasteiger partial charge in [-0.2, -0.15) is 0 Å². The fraction of sp³-hybridized carbons (Fsp3) is 0.200. The first-order valence-electron chi connectivity index (χ1n) is 4.10. The number of nitriles is 1. The third-order valence-corrected chi connectivity index (χ3v) is 4.04. The number of benzene rings is 1. The van der Waals surface area contributed by atoms with Gasteiger partial charge in [-0.25, -0.2) is 0 Å². The molecule has 5 heteroatoms. The van der Waals surface area contributed by atoms with Gasteiger partial charge in [0.05, 0.1) is 0 Å². The monoisotopic (exact) mass is 307 g/mol. The molecule has 0 bridgehead atoms. The summed E-state index contributed by atoms with van der Waals surface area (Å²) < 4.78 is -0.0711. The van der Waals surface area contributed by atoms with E-state index in [2.05, 4.69) is 0 Å². The van der Waals surface area contributed by atoms with Gasteiger partial charge in [0, 0.05) is 0 Å². The molecule has 1 unspecified atom stereocenters. The zero-order chi connectivity index (χ0) is 11.4. The van der Waals surface area contributed by atoms with E-state index in [1.807, 2.05) is 6.07 Å². The molecule has 1 atom stereocenters. The molecule has 0 aliphatic rings. The average molecular weight is 307 g/mol. The van der Waals surface area contributed by atoms with E-state index in [1.54, 1.807) is 19.1 Å². The fourth-order valence-corrected chi connectivity index (χ4v) is 2.95. The third kappa shape index (κ3) is 3.52. The predicted molar refractivity (Wildman–Crippen MR) is 61.6 cm³/mol. The maximum absolute atomic E-state index is 11.7. The minimum absolute atomic E-state index is 0.0711. The van der Waals surface area contributed by atoms with Crippen LogP contribution in [-0.4, -0.2) is 19.6 Å². The van der Waals surface area contributed by atoms with E-state index in [1.165, 1.54) is 6.07 Å². The van der Waals surface area contributed by atoms with Crippen LogP contribution in [0.2, 0.25) is 14.9 Å². The Labute approximate surface area is 104 Å². The van der Waals surface area contributed by atoms with Crippen molar-refractivity contribution in [2.24, 2.45) is 0 Å². The molecule has 2 nitrogen and oxygen atoms in total. The molecule has 0 aromatic heterocycles. The van der Waals surface area contributed by atoms with Crippen LogP contribution in [0, 0.1) is 11.3 Å². The van der Waals surface area contributed by atoms with Crippen molar-refractivity contribution in [1.82, 2.24) is 0 Å². The first-order chi connectivity index (χ1) is 7.04. The van der Waals surface area contributed by atoms with Gasteiger partial charge in [-0.05, 0) is 0 Å². The molecule has 78 valence electrons. The molecule has 0 radical (unpaired) electrons. The van der Waals surface area contributed by atoms with E-state index in [4.69, 9.17) is 28.5 Å². The van der Waals surface area contributed by atoms with Gasteiger partial charge in [-0.15, -0.1) is 0 Å². The molecule has 1 aromatic carbocycles. The van der Waals surface area contributed by atoms with E-state index in [-0.39, 0.29) is 9.50 Å². The number of nitrogens with zero attached hydrogens (tertiary/aromatic N) is 1. The zero-order valence-electron chi connectivity index (χ0n) is 7.83. The molecule has 0 aliphatic carbocycles. The van der Waals surface area contributed by atoms with Crippen molar-refractivity contribution in [2.45, 2.75) is 11.7 Å². The second kappa shape index (κ2) is 5.53. The quantitative estimate of drug-likeness (QED) is 0.805. The zero-order valence-corrected chi connectivity index (χ0v) is 11.1. The van der Waals surface area contributed by atoms with Crippen molar-refractivity contribution in [1.29, 1.82) is 5.26 Å². The normalized spacial score (nSPS) is 11.9. The molecular weight excluding hydrogens is 300 g/mol. The van der Waals surface area contributed by atoms with Crippen LogP contribution in [0.3, 0.4) is 0 Å². The topological polar surface area (TPSA) is 40.9 Å². The second-order valence-corrected chi connectivity index (χ2v) is 6.40. The molecule has 0 spiro atoms. The van der Waals surface area contributed by atoms with E-state index < -0.39 is 15.0 Å². The molecule has 0 amide bonds. The van der Waals surface area contributed by atoms with Crippen molar-refractivity contribution in [2.75, 3.05) is 0 Å². The minimum atomic E-state index is -0.397. The van der Waals surface area contributed by atoms with Gasteiger partial charge in [0.1, 0.15) is 0 Å². The Balaban J connectivity index is 2.88. The summed E-state index contributed by atoms with van der Waals surface area (Å²) in [6.45, 7) is 1.72. The molecule has 0 saturated carbocycles. The van der Waals surface area contributed by atoms with Crippen LogP contribution >= 0.6 is 23.2 Å². The Morgan fingerprint density at radius 3 is 2.73 bits per heavy atom. The van der Waals surface area contributed by atoms with E-state index in [9.17, 15) is 4.79 Å². The van der Waals surface area contributed by atoms with Crippen molar-refractivity contribution in [3.8, 4) is 6.07 Å². The number of rotatable bonds is 3. The van der Waals surface area contributed by atoms with Crippen molar-refractivity contribution in [3.05, 3.63) is 33.8 Å². The Hall–Kier alpha value is -0.521. The van der Waals surface area contributed by atoms with E-state index in [0.717, 1.165) is 0 Å². The molecule has 15 heavy (non-hydrogen) atoms. The molecule has 0 fully saturated rings. The van der Waals surface area contributed by atoms with Crippen LogP contribution in [0.15, 0.2) is 18.2 Å². The Morgan fingerprint density at radius 1 is 1.53 bits per heavy atom. The van der Waals surface area contributed by atoms with Gasteiger partial charge in [0.15, 0.2) is 0 Å². The standard InChI is InChI=1S/C10H7Cl2NOSe/c1-6(5-13)15-10(14)8-3-2-7(11)4-9(8)12/h2-4,6H,1H3. The molecule has 1 rings (SSSR count). The van der Waals surface area contributed by atoms with Gasteiger partial charge in [-0.1, -0.05) is 0 Å². The van der Waals surface area contributed by atoms with Gasteiger partial charge in [0.2, 0.25) is 0 Å². The molecule has 1 aromatic rings. The van der Waals surface area contributed by atoms with Crippen LogP contribution in [0.1, 0.15) is 17.3 Å². The van der Waals surface area contributed by atoms with Crippen molar-refractivity contribution < 1.29 is 4.79 Å². The summed E-state index contributed by atoms with van der Waals surface area (Å²) in [5.41, 5.74) is 0.447. The van der Waals surface area contributed by atoms with Crippen LogP contribution in [-0.2, 0) is 0 Å². The Kier molecular flexibility index (Phi) is 4.63. The Bertz CT molecular complexity index is 428. The molecule has 0 heterocycles. The van der Waals surface area contributed by atoms with E-state index in [0.29, 0.717) is 15.6 Å². The fourth-order valence-electron chi connectivity index (χ4n) is 0.905. The summed E-state index contributed by atoms with van der Waals surface area (Å²) in [6, 6.07) is 6.78. The Morgan fingerprint density at radius 2 is 2.20 bits per heavy atom. The number of hydrogen-bond donors (Lipinski definition) is 0. The van der Waals surface area contributed by atoms with Crippen LogP contribution in [0.25, 0.3) is 0 Å². The van der Waals surface area contributed by atoms with Gasteiger partial charge >= 0.3 is 105 Å². The van der Waals surface area contributed by atoms with Crippen molar-refractivity contribution in [3.63, 3.8) is 0 Å². The summed E-state index contributed by atoms with van der Waals surface area (Å²) in [6.07, 6.45) is 0. The van der Waals surface area contributed by atoms with Crippen LogP contribution in [0.5, 0.6) is 0 Å². The summed E-state index contributed by atoms with van der Waals surface area (Å²) in [5.74, 6) is 0. The van der Waals surface area contributed by atoms with Crippen LogP contribution < -0.4 is 0 Å². The molecule has 0 aliphatic heterocycles. The number of carbonyl (C=O) groups excluding carboxylic acids is 1. The molecule has 0 saturated heterocycles. The SMILES string of the molecule is CC(C#N)[Se]C(=O)c1ccc(Cl)cc1Cl. The number of carbonyl (C=O) groups is 1. The van der Waals surface area contributed by atoms with Crippen molar-refractivity contribution >= 4 is 42.8 Å². The average Bonchev–Trinajstić information content (AvgIpc) is 2.17. The first kappa shape index (κ1) is 12.5. The summed E-state index contributed by atoms with van der Waals surface area (Å²) in [7, 11) is 0. The number of halogens is 2.